The molecule has 0 fully saturated rings. The van der Waals surface area contributed by atoms with Crippen molar-refractivity contribution in [3.05, 3.63) is 330 Å². The van der Waals surface area contributed by atoms with Gasteiger partial charge >= 0.3 is 0 Å². The zero-order valence-corrected chi connectivity index (χ0v) is 63.1. The summed E-state index contributed by atoms with van der Waals surface area (Å²) in [7, 11) is 0. The van der Waals surface area contributed by atoms with Crippen molar-refractivity contribution in [2.24, 2.45) is 5.41 Å². The number of aromatic nitrogens is 2. The molecule has 2 unspecified atom stereocenters. The van der Waals surface area contributed by atoms with Crippen LogP contribution in [0.1, 0.15) is 128 Å². The van der Waals surface area contributed by atoms with E-state index < -0.39 is 43.0 Å². The predicted octanol–water partition coefficient (Wildman–Crippen LogP) is 24.9. The number of anilines is 8. The maximum absolute atomic E-state index is 11.6. The zero-order valence-electron chi connectivity index (χ0n) is 71.1. The van der Waals surface area contributed by atoms with Crippen molar-refractivity contribution in [2.45, 2.75) is 111 Å². The first-order chi connectivity index (χ1) is 55.4. The van der Waals surface area contributed by atoms with Gasteiger partial charge < -0.3 is 23.8 Å². The third-order valence-corrected chi connectivity index (χ3v) is 23.1. The molecule has 13 aromatic carbocycles. The van der Waals surface area contributed by atoms with Crippen LogP contribution in [0.5, 0.6) is 0 Å². The molecule has 0 spiro atoms. The molecule has 6 nitrogen and oxygen atoms in total. The zero-order chi connectivity index (χ0) is 81.0. The highest BCUT2D eigenvalue weighted by Gasteiger charge is 2.48. The Labute approximate surface area is 646 Å². The lowest BCUT2D eigenvalue weighted by Crippen LogP contribution is -2.61. The standard InChI is InChI=1S/C101H87BN6/c1-98(2,3)68-33-27-32-65(52-68)66-43-48-83-92(53-66)105(72-46-42-67(62-103)91(58-72)107-87-40-25-21-36-77(87)78-37-22-26-41-88(78)107)94-60-74(106-89-50-44-69(99(4,5)6)54-81(89)82-55-70(100(7,8)9)45-51-90(82)106)61-95-96(94)102(83)84-49-47-73(104-85-38-23-19-34-75(85)76-35-20-24-39-86(76)104)59-93(84)108(95)97-79(63-28-15-13-16-29-63)56-71(101(10,11)12)57-80(97)64-30-17-14-18-31-64/h13-61,81,89H,1-12H3/i19D,20D,23D,24D,34D,35D,38D,39D. The number of hydrogen-bond donors (Lipinski definition) is 0. The van der Waals surface area contributed by atoms with E-state index in [2.05, 4.69) is 345 Å². The van der Waals surface area contributed by atoms with E-state index in [9.17, 15) is 13.5 Å². The second-order valence-electron chi connectivity index (χ2n) is 33.9. The fourth-order valence-electron chi connectivity index (χ4n) is 17.6. The number of hydrogen-bond acceptors (Lipinski definition) is 4. The summed E-state index contributed by atoms with van der Waals surface area (Å²) in [6.45, 7) is 26.7. The van der Waals surface area contributed by atoms with Crippen LogP contribution < -0.4 is 31.1 Å². The molecule has 0 saturated carbocycles. The Morgan fingerprint density at radius 2 is 0.917 bits per heavy atom. The molecule has 0 bridgehead atoms. The average molecular weight is 1400 g/mol. The SMILES string of the molecule is [2H]c1c([2H])c([2H])c2c(c1[2H])c1c([2H])c([2H])c([2H])c([2H])c1n2-c1ccc2c(c1)N(c1c(-c3ccccc3)cc(C(C)(C)C)cc1-c1ccccc1)c1cc(N3c4ccc(C(C)(C)C)cc4C4C=C(C(C)(C)C)C=CC43)cc3c1B2c1ccc(-c2cccc(C(C)(C)C)c2)cc1N3c1ccc(C#N)c(-n2c3ccccc3c3ccccc32)c1. The molecule has 0 N–H and O–H groups in total. The Hall–Kier alpha value is -12.1. The molecule has 19 rings (SSSR count). The van der Waals surface area contributed by atoms with Crippen LogP contribution >= 0.6 is 0 Å². The van der Waals surface area contributed by atoms with Crippen molar-refractivity contribution in [1.82, 2.24) is 9.13 Å². The van der Waals surface area contributed by atoms with Crippen molar-refractivity contribution >= 4 is 112 Å². The number of allylic oxidation sites excluding steroid dienone is 2. The summed E-state index contributed by atoms with van der Waals surface area (Å²) < 4.78 is 80.1. The number of nitriles is 1. The summed E-state index contributed by atoms with van der Waals surface area (Å²) in [5.74, 6) is -0.0600. The summed E-state index contributed by atoms with van der Waals surface area (Å²) in [6.07, 6.45) is 7.26. The van der Waals surface area contributed by atoms with Gasteiger partial charge in [0.15, 0.2) is 0 Å². The van der Waals surface area contributed by atoms with Gasteiger partial charge in [0.25, 0.3) is 6.71 Å². The van der Waals surface area contributed by atoms with E-state index in [0.717, 1.165) is 128 Å². The second-order valence-corrected chi connectivity index (χ2v) is 33.9. The lowest BCUT2D eigenvalue weighted by Gasteiger charge is -2.46. The van der Waals surface area contributed by atoms with Gasteiger partial charge in [0.1, 0.15) is 6.07 Å². The van der Waals surface area contributed by atoms with Crippen LogP contribution in [0.25, 0.3) is 88.4 Å². The largest absolute Gasteiger partial charge is 0.333 e. The Kier molecular flexibility index (Phi) is 13.2. The topological polar surface area (TPSA) is 43.4 Å². The highest BCUT2D eigenvalue weighted by Crippen LogP contribution is 2.57. The van der Waals surface area contributed by atoms with Gasteiger partial charge in [0.2, 0.25) is 0 Å². The van der Waals surface area contributed by atoms with Gasteiger partial charge in [-0.2, -0.15) is 5.26 Å². The van der Waals surface area contributed by atoms with E-state index in [1.807, 2.05) is 12.1 Å². The van der Waals surface area contributed by atoms with E-state index in [1.54, 1.807) is 4.57 Å². The Balaban J connectivity index is 1.01. The van der Waals surface area contributed by atoms with Crippen LogP contribution in [0.15, 0.2) is 303 Å². The monoisotopic (exact) mass is 1400 g/mol. The van der Waals surface area contributed by atoms with Crippen molar-refractivity contribution < 1.29 is 11.0 Å². The molecule has 3 aliphatic heterocycles. The van der Waals surface area contributed by atoms with Crippen molar-refractivity contribution in [2.75, 3.05) is 14.7 Å². The lowest BCUT2D eigenvalue weighted by atomic mass is 9.33. The third kappa shape index (κ3) is 10.6. The van der Waals surface area contributed by atoms with E-state index in [4.69, 9.17) is 2.74 Å². The van der Waals surface area contributed by atoms with Gasteiger partial charge in [-0.15, -0.1) is 0 Å². The molecule has 15 aromatic rings. The smallest absolute Gasteiger partial charge is 0.252 e. The van der Waals surface area contributed by atoms with Crippen LogP contribution in [0.2, 0.25) is 0 Å². The molecule has 0 amide bonds. The Morgan fingerprint density at radius 1 is 0.389 bits per heavy atom. The van der Waals surface area contributed by atoms with Crippen LogP contribution in [-0.4, -0.2) is 21.9 Å². The first kappa shape index (κ1) is 58.1. The van der Waals surface area contributed by atoms with Gasteiger partial charge in [-0.25, -0.2) is 0 Å². The second kappa shape index (κ2) is 24.5. The first-order valence-electron chi connectivity index (χ1n) is 41.7. The molecular weight excluding hydrogens is 1310 g/mol. The number of nitrogens with zero attached hydrogens (tertiary/aromatic N) is 6. The van der Waals surface area contributed by atoms with E-state index in [0.29, 0.717) is 11.3 Å². The molecule has 524 valence electrons. The summed E-state index contributed by atoms with van der Waals surface area (Å²) in [5.41, 5.74) is 24.7. The first-order valence-corrected chi connectivity index (χ1v) is 37.7. The molecule has 1 aliphatic carbocycles. The van der Waals surface area contributed by atoms with Crippen LogP contribution in [0.3, 0.4) is 0 Å². The summed E-state index contributed by atoms with van der Waals surface area (Å²) in [6, 6.07) is 81.9. The van der Waals surface area contributed by atoms with E-state index in [-0.39, 0.29) is 67.5 Å². The van der Waals surface area contributed by atoms with Crippen molar-refractivity contribution in [3.8, 4) is 50.8 Å². The number of benzene rings is 13. The van der Waals surface area contributed by atoms with Gasteiger partial charge in [-0.1, -0.05) is 289 Å². The number of para-hydroxylation sites is 4. The predicted molar refractivity (Wildman–Crippen MR) is 458 cm³/mol. The maximum atomic E-state index is 11.6. The van der Waals surface area contributed by atoms with Gasteiger partial charge in [0.05, 0.1) is 56.0 Å². The van der Waals surface area contributed by atoms with Crippen molar-refractivity contribution in [1.29, 1.82) is 5.26 Å². The normalized spacial score (nSPS) is 16.4. The molecule has 0 radical (unpaired) electrons. The van der Waals surface area contributed by atoms with E-state index >= 15 is 0 Å². The molecule has 5 heterocycles. The fraction of sp³-hybridized carbons (Fsp3) is 0.178. The Morgan fingerprint density at radius 3 is 1.53 bits per heavy atom. The highest BCUT2D eigenvalue weighted by molar-refractivity contribution is 7.00. The minimum absolute atomic E-state index is 0.00278. The van der Waals surface area contributed by atoms with Crippen LogP contribution in [0, 0.1) is 16.7 Å². The highest BCUT2D eigenvalue weighted by atomic mass is 15.2. The van der Waals surface area contributed by atoms with E-state index in [1.165, 1.54) is 22.3 Å². The third-order valence-electron chi connectivity index (χ3n) is 23.1. The van der Waals surface area contributed by atoms with Gasteiger partial charge in [-0.05, 0) is 179 Å². The molecule has 2 atom stereocenters. The number of fused-ring (bicyclic) bond motifs is 13. The Bertz CT molecular complexity index is 6670. The van der Waals surface area contributed by atoms with Gasteiger partial charge in [0, 0.05) is 84.1 Å². The summed E-state index contributed by atoms with van der Waals surface area (Å²) >= 11 is 0. The fourth-order valence-corrected chi connectivity index (χ4v) is 17.6. The number of rotatable bonds is 8. The molecule has 0 saturated heterocycles. The molecule has 4 aliphatic rings. The summed E-state index contributed by atoms with van der Waals surface area (Å²) in [5, 5.41) is 13.7. The minimum Gasteiger partial charge on any atom is -0.333 e. The quantitative estimate of drug-likeness (QED) is 0.142. The molecule has 108 heavy (non-hydrogen) atoms. The van der Waals surface area contributed by atoms with Crippen LogP contribution in [-0.2, 0) is 16.2 Å². The maximum Gasteiger partial charge on any atom is 0.252 e. The summed E-state index contributed by atoms with van der Waals surface area (Å²) in [4.78, 5) is 7.48. The minimum atomic E-state index is -0.549. The van der Waals surface area contributed by atoms with Crippen LogP contribution in [0.4, 0.5) is 45.5 Å². The molecular formula is C101H87BN6. The molecule has 7 heteroatoms. The lowest BCUT2D eigenvalue weighted by molar-refractivity contribution is 0.507. The average Bonchev–Trinajstić information content (AvgIpc) is 1.00. The van der Waals surface area contributed by atoms with Crippen molar-refractivity contribution in [3.63, 3.8) is 0 Å². The van der Waals surface area contributed by atoms with Gasteiger partial charge in [-0.3, -0.25) is 0 Å². The molecule has 2 aromatic heterocycles.